The molecule has 0 bridgehead atoms. The fraction of sp³-hybridized carbons (Fsp3) is 0.200. The predicted octanol–water partition coefficient (Wildman–Crippen LogP) is 2.46. The van der Waals surface area contributed by atoms with Gasteiger partial charge < -0.3 is 10.2 Å². The molecule has 5 heteroatoms. The number of halogens is 1. The minimum atomic E-state index is -0.0683. The molecule has 1 amide bonds. The Labute approximate surface area is 152 Å². The number of rotatable bonds is 5. The third-order valence-electron chi connectivity index (χ3n) is 4.19. The number of carbonyl (C=O) groups is 1. The lowest BCUT2D eigenvalue weighted by atomic mass is 10.1. The van der Waals surface area contributed by atoms with Gasteiger partial charge in [-0.3, -0.25) is 4.79 Å². The van der Waals surface area contributed by atoms with Crippen LogP contribution in [-0.2, 0) is 13.1 Å². The number of amides is 1. The van der Waals surface area contributed by atoms with Crippen molar-refractivity contribution in [3.8, 4) is 0 Å². The normalized spacial score (nSPS) is 12.1. The quantitative estimate of drug-likeness (QED) is 0.691. The molecule has 3 aromatic rings. The summed E-state index contributed by atoms with van der Waals surface area (Å²) in [5.41, 5.74) is 3.80. The Hall–Kier alpha value is -2.43. The van der Waals surface area contributed by atoms with Crippen LogP contribution in [0.5, 0.6) is 0 Å². The standard InChI is InChI=1S/C20H20ClN3O/c1-22-20(25)15-9-7-14(8-10-15)12-24(2)13-17-11-16-5-3-4-6-18(16)23-19(17)21/h3-11H,12-13H2,1-2H3,(H,22,25)/p+1. The average molecular weight is 355 g/mol. The maximum Gasteiger partial charge on any atom is 0.251 e. The van der Waals surface area contributed by atoms with Gasteiger partial charge in [0.15, 0.2) is 0 Å². The van der Waals surface area contributed by atoms with Crippen molar-refractivity contribution < 1.29 is 9.69 Å². The highest BCUT2D eigenvalue weighted by Gasteiger charge is 2.11. The molecule has 0 aliphatic carbocycles. The monoisotopic (exact) mass is 354 g/mol. The minimum absolute atomic E-state index is 0.0683. The Morgan fingerprint density at radius 3 is 2.56 bits per heavy atom. The van der Waals surface area contributed by atoms with Crippen LogP contribution in [-0.4, -0.2) is 25.0 Å². The molecule has 25 heavy (non-hydrogen) atoms. The highest BCUT2D eigenvalue weighted by Crippen LogP contribution is 2.19. The van der Waals surface area contributed by atoms with E-state index in [1.807, 2.05) is 42.5 Å². The summed E-state index contributed by atoms with van der Waals surface area (Å²) in [7, 11) is 3.76. The molecule has 2 aromatic carbocycles. The summed E-state index contributed by atoms with van der Waals surface area (Å²) in [5.74, 6) is -0.0683. The Morgan fingerprint density at radius 1 is 1.12 bits per heavy atom. The van der Waals surface area contributed by atoms with Gasteiger partial charge in [0.2, 0.25) is 0 Å². The summed E-state index contributed by atoms with van der Waals surface area (Å²) in [4.78, 5) is 17.4. The van der Waals surface area contributed by atoms with E-state index >= 15 is 0 Å². The van der Waals surface area contributed by atoms with Gasteiger partial charge in [-0.25, -0.2) is 4.98 Å². The van der Waals surface area contributed by atoms with Gasteiger partial charge in [0.05, 0.1) is 12.6 Å². The van der Waals surface area contributed by atoms with Crippen LogP contribution in [0.15, 0.2) is 54.6 Å². The summed E-state index contributed by atoms with van der Waals surface area (Å²) in [6.45, 7) is 1.63. The van der Waals surface area contributed by atoms with Crippen molar-refractivity contribution >= 4 is 28.4 Å². The van der Waals surface area contributed by atoms with E-state index in [9.17, 15) is 4.79 Å². The van der Waals surface area contributed by atoms with E-state index in [4.69, 9.17) is 11.6 Å². The van der Waals surface area contributed by atoms with Crippen LogP contribution in [0.3, 0.4) is 0 Å². The molecule has 0 fully saturated rings. The second-order valence-electron chi connectivity index (χ2n) is 6.22. The van der Waals surface area contributed by atoms with Crippen LogP contribution >= 0.6 is 11.6 Å². The molecule has 1 unspecified atom stereocenters. The minimum Gasteiger partial charge on any atom is -0.355 e. The molecule has 0 aliphatic heterocycles. The third kappa shape index (κ3) is 4.16. The van der Waals surface area contributed by atoms with E-state index in [1.54, 1.807) is 7.05 Å². The fourth-order valence-corrected chi connectivity index (χ4v) is 3.13. The molecule has 1 heterocycles. The van der Waals surface area contributed by atoms with Crippen LogP contribution < -0.4 is 10.2 Å². The van der Waals surface area contributed by atoms with Crippen molar-refractivity contribution in [3.63, 3.8) is 0 Å². The fourth-order valence-electron chi connectivity index (χ4n) is 2.91. The van der Waals surface area contributed by atoms with Gasteiger partial charge in [0.1, 0.15) is 18.2 Å². The number of para-hydroxylation sites is 1. The Bertz CT molecular complexity index is 893. The second kappa shape index (κ2) is 7.64. The number of aromatic nitrogens is 1. The predicted molar refractivity (Wildman–Crippen MR) is 101 cm³/mol. The molecule has 1 atom stereocenters. The van der Waals surface area contributed by atoms with Crippen molar-refractivity contribution in [2.75, 3.05) is 14.1 Å². The lowest BCUT2D eigenvalue weighted by Crippen LogP contribution is -3.06. The molecule has 0 saturated carbocycles. The van der Waals surface area contributed by atoms with Crippen molar-refractivity contribution in [2.45, 2.75) is 13.1 Å². The molecule has 1 aromatic heterocycles. The molecule has 0 saturated heterocycles. The zero-order chi connectivity index (χ0) is 17.8. The second-order valence-corrected chi connectivity index (χ2v) is 6.58. The summed E-state index contributed by atoms with van der Waals surface area (Å²) in [6, 6.07) is 17.8. The summed E-state index contributed by atoms with van der Waals surface area (Å²) >= 11 is 6.35. The van der Waals surface area contributed by atoms with Crippen molar-refractivity contribution in [3.05, 3.63) is 76.4 Å². The highest BCUT2D eigenvalue weighted by molar-refractivity contribution is 6.30. The van der Waals surface area contributed by atoms with Gasteiger partial charge in [-0.05, 0) is 24.3 Å². The van der Waals surface area contributed by atoms with Gasteiger partial charge in [-0.15, -0.1) is 0 Å². The largest absolute Gasteiger partial charge is 0.355 e. The zero-order valence-corrected chi connectivity index (χ0v) is 15.1. The maximum atomic E-state index is 11.6. The van der Waals surface area contributed by atoms with Crippen LogP contribution in [0.25, 0.3) is 10.9 Å². The van der Waals surface area contributed by atoms with Crippen molar-refractivity contribution in [1.82, 2.24) is 10.3 Å². The topological polar surface area (TPSA) is 46.4 Å². The first-order valence-electron chi connectivity index (χ1n) is 8.23. The number of pyridine rings is 1. The first-order valence-corrected chi connectivity index (χ1v) is 8.61. The molecule has 2 N–H and O–H groups in total. The lowest BCUT2D eigenvalue weighted by molar-refractivity contribution is -0.907. The van der Waals surface area contributed by atoms with Gasteiger partial charge in [-0.1, -0.05) is 41.9 Å². The molecule has 0 aliphatic rings. The van der Waals surface area contributed by atoms with E-state index in [2.05, 4.69) is 29.5 Å². The molecule has 4 nitrogen and oxygen atoms in total. The van der Waals surface area contributed by atoms with Crippen molar-refractivity contribution in [1.29, 1.82) is 0 Å². The van der Waals surface area contributed by atoms with E-state index in [0.717, 1.165) is 29.6 Å². The number of benzene rings is 2. The van der Waals surface area contributed by atoms with Gasteiger partial charge in [0, 0.05) is 29.1 Å². The number of carbonyl (C=O) groups excluding carboxylic acids is 1. The van der Waals surface area contributed by atoms with Gasteiger partial charge >= 0.3 is 0 Å². The molecule has 3 rings (SSSR count). The number of hydrogen-bond donors (Lipinski definition) is 2. The van der Waals surface area contributed by atoms with Crippen LogP contribution in [0.4, 0.5) is 0 Å². The highest BCUT2D eigenvalue weighted by atomic mass is 35.5. The van der Waals surface area contributed by atoms with Crippen LogP contribution in [0.1, 0.15) is 21.5 Å². The number of nitrogens with zero attached hydrogens (tertiary/aromatic N) is 1. The van der Waals surface area contributed by atoms with E-state index < -0.39 is 0 Å². The van der Waals surface area contributed by atoms with Crippen molar-refractivity contribution in [2.24, 2.45) is 0 Å². The summed E-state index contributed by atoms with van der Waals surface area (Å²) in [5, 5.41) is 4.29. The zero-order valence-electron chi connectivity index (χ0n) is 14.3. The SMILES string of the molecule is CNC(=O)c1ccc(C[NH+](C)Cc2cc3ccccc3nc2Cl)cc1. The average Bonchev–Trinajstić information content (AvgIpc) is 2.62. The number of fused-ring (bicyclic) bond motifs is 1. The van der Waals surface area contributed by atoms with E-state index in [1.165, 1.54) is 10.5 Å². The Morgan fingerprint density at radius 2 is 1.84 bits per heavy atom. The smallest absolute Gasteiger partial charge is 0.251 e. The van der Waals surface area contributed by atoms with E-state index in [-0.39, 0.29) is 5.91 Å². The summed E-state index contributed by atoms with van der Waals surface area (Å²) in [6.07, 6.45) is 0. The molecule has 0 spiro atoms. The number of quaternary nitrogens is 1. The third-order valence-corrected chi connectivity index (χ3v) is 4.52. The number of hydrogen-bond acceptors (Lipinski definition) is 2. The lowest BCUT2D eigenvalue weighted by Gasteiger charge is -2.15. The Balaban J connectivity index is 1.71. The van der Waals surface area contributed by atoms with E-state index in [0.29, 0.717) is 10.7 Å². The van der Waals surface area contributed by atoms with Gasteiger partial charge in [-0.2, -0.15) is 0 Å². The first kappa shape index (κ1) is 17.4. The van der Waals surface area contributed by atoms with Crippen LogP contribution in [0.2, 0.25) is 5.15 Å². The van der Waals surface area contributed by atoms with Crippen LogP contribution in [0, 0.1) is 0 Å². The maximum absolute atomic E-state index is 11.6. The molecular formula is C20H21ClN3O+. The Kier molecular flexibility index (Phi) is 5.31. The molecule has 128 valence electrons. The first-order chi connectivity index (χ1) is 12.1. The molecule has 0 radical (unpaired) electrons. The molecular weight excluding hydrogens is 334 g/mol. The summed E-state index contributed by atoms with van der Waals surface area (Å²) < 4.78 is 0. The number of nitrogens with one attached hydrogen (secondary N) is 2. The van der Waals surface area contributed by atoms with Gasteiger partial charge in [0.25, 0.3) is 5.91 Å².